The van der Waals surface area contributed by atoms with Gasteiger partial charge in [-0.05, 0) is 69.5 Å². The normalized spacial score (nSPS) is 26.2. The minimum absolute atomic E-state index is 0.0158. The molecule has 3 saturated heterocycles. The van der Waals surface area contributed by atoms with E-state index in [1.165, 1.54) is 25.0 Å². The van der Waals surface area contributed by atoms with Crippen LogP contribution in [0.1, 0.15) is 42.5 Å². The molecule has 7 nitrogen and oxygen atoms in total. The Balaban J connectivity index is 1.35. The maximum Gasteiger partial charge on any atom is 0.253 e. The maximum absolute atomic E-state index is 12.8. The first-order chi connectivity index (χ1) is 13.5. The standard InChI is InChI=1S/C20H29N3O4S/c24-20(23-12-9-17(15-23)22-10-1-2-11-22)16-5-7-19(8-6-16)28(25,26)21-14-18-4-3-13-27-18/h5-8,17-18,21H,1-4,9-15H2. The molecule has 3 aliphatic rings. The van der Waals surface area contributed by atoms with Crippen LogP contribution in [-0.2, 0) is 14.8 Å². The smallest absolute Gasteiger partial charge is 0.253 e. The zero-order chi connectivity index (χ0) is 19.6. The van der Waals surface area contributed by atoms with Gasteiger partial charge in [0.1, 0.15) is 0 Å². The van der Waals surface area contributed by atoms with Gasteiger partial charge in [0.2, 0.25) is 10.0 Å². The van der Waals surface area contributed by atoms with Crippen molar-refractivity contribution in [2.24, 2.45) is 0 Å². The number of carbonyl (C=O) groups is 1. The molecular formula is C20H29N3O4S. The molecule has 1 aromatic carbocycles. The van der Waals surface area contributed by atoms with Crippen LogP contribution in [0.15, 0.2) is 29.2 Å². The molecule has 2 unspecified atom stereocenters. The zero-order valence-electron chi connectivity index (χ0n) is 16.2. The van der Waals surface area contributed by atoms with Gasteiger partial charge in [-0.25, -0.2) is 13.1 Å². The van der Waals surface area contributed by atoms with Gasteiger partial charge < -0.3 is 9.64 Å². The van der Waals surface area contributed by atoms with Crippen LogP contribution in [0.25, 0.3) is 0 Å². The first-order valence-electron chi connectivity index (χ1n) is 10.3. The lowest BCUT2D eigenvalue weighted by atomic mass is 10.2. The minimum atomic E-state index is -3.59. The van der Waals surface area contributed by atoms with Gasteiger partial charge in [0.05, 0.1) is 11.0 Å². The highest BCUT2D eigenvalue weighted by Gasteiger charge is 2.32. The molecule has 3 heterocycles. The van der Waals surface area contributed by atoms with Crippen LogP contribution in [0.5, 0.6) is 0 Å². The van der Waals surface area contributed by atoms with E-state index in [4.69, 9.17) is 4.74 Å². The average molecular weight is 408 g/mol. The van der Waals surface area contributed by atoms with Gasteiger partial charge >= 0.3 is 0 Å². The van der Waals surface area contributed by atoms with E-state index in [-0.39, 0.29) is 23.5 Å². The molecule has 0 aromatic heterocycles. The maximum atomic E-state index is 12.8. The van der Waals surface area contributed by atoms with Crippen LogP contribution in [0.4, 0.5) is 0 Å². The summed E-state index contributed by atoms with van der Waals surface area (Å²) in [6.07, 6.45) is 5.32. The first-order valence-corrected chi connectivity index (χ1v) is 11.8. The van der Waals surface area contributed by atoms with E-state index in [2.05, 4.69) is 9.62 Å². The Hall–Kier alpha value is -1.48. The molecule has 2 atom stereocenters. The van der Waals surface area contributed by atoms with E-state index in [0.717, 1.165) is 45.4 Å². The van der Waals surface area contributed by atoms with Gasteiger partial charge in [-0.15, -0.1) is 0 Å². The number of benzene rings is 1. The predicted molar refractivity (Wildman–Crippen MR) is 106 cm³/mol. The summed E-state index contributed by atoms with van der Waals surface area (Å²) in [5, 5.41) is 0. The molecule has 3 fully saturated rings. The number of rotatable bonds is 6. The average Bonchev–Trinajstić information content (AvgIpc) is 3.48. The van der Waals surface area contributed by atoms with Crippen LogP contribution in [0.2, 0.25) is 0 Å². The molecule has 0 aliphatic carbocycles. The fourth-order valence-electron chi connectivity index (χ4n) is 4.38. The second kappa shape index (κ2) is 8.49. The third-order valence-electron chi connectivity index (χ3n) is 6.04. The van der Waals surface area contributed by atoms with Crippen LogP contribution < -0.4 is 4.72 Å². The molecule has 8 heteroatoms. The second-order valence-corrected chi connectivity index (χ2v) is 9.71. The summed E-state index contributed by atoms with van der Waals surface area (Å²) in [6, 6.07) is 6.73. The third-order valence-corrected chi connectivity index (χ3v) is 7.48. The van der Waals surface area contributed by atoms with E-state index in [1.54, 1.807) is 12.1 Å². The molecule has 1 N–H and O–H groups in total. The number of amides is 1. The molecule has 154 valence electrons. The number of hydrogen-bond acceptors (Lipinski definition) is 5. The molecule has 0 radical (unpaired) electrons. The van der Waals surface area contributed by atoms with Gasteiger partial charge in [-0.3, -0.25) is 9.69 Å². The third kappa shape index (κ3) is 4.40. The van der Waals surface area contributed by atoms with Crippen LogP contribution in [-0.4, -0.2) is 75.6 Å². The zero-order valence-corrected chi connectivity index (χ0v) is 17.0. The van der Waals surface area contributed by atoms with E-state index < -0.39 is 10.0 Å². The molecule has 28 heavy (non-hydrogen) atoms. The summed E-state index contributed by atoms with van der Waals surface area (Å²) in [5.74, 6) is -0.0158. The molecule has 3 aliphatic heterocycles. The van der Waals surface area contributed by atoms with Gasteiger partial charge in [0.15, 0.2) is 0 Å². The number of likely N-dealkylation sites (tertiary alicyclic amines) is 2. The Morgan fingerprint density at radius 3 is 2.50 bits per heavy atom. The molecule has 1 amide bonds. The first kappa shape index (κ1) is 19.8. The van der Waals surface area contributed by atoms with Gasteiger partial charge in [0.25, 0.3) is 5.91 Å². The lowest BCUT2D eigenvalue weighted by Crippen LogP contribution is -2.37. The molecule has 0 bridgehead atoms. The molecular weight excluding hydrogens is 378 g/mol. The quantitative estimate of drug-likeness (QED) is 0.772. The van der Waals surface area contributed by atoms with Crippen molar-refractivity contribution in [1.82, 2.24) is 14.5 Å². The van der Waals surface area contributed by atoms with Crippen molar-refractivity contribution in [3.8, 4) is 0 Å². The van der Waals surface area contributed by atoms with Crippen LogP contribution in [0.3, 0.4) is 0 Å². The van der Waals surface area contributed by atoms with Crippen LogP contribution in [0, 0.1) is 0 Å². The minimum Gasteiger partial charge on any atom is -0.377 e. The number of nitrogens with zero attached hydrogens (tertiary/aromatic N) is 2. The lowest BCUT2D eigenvalue weighted by molar-refractivity contribution is 0.0780. The van der Waals surface area contributed by atoms with Gasteiger partial charge in [-0.2, -0.15) is 0 Å². The van der Waals surface area contributed by atoms with Crippen molar-refractivity contribution < 1.29 is 17.9 Å². The van der Waals surface area contributed by atoms with Crippen LogP contribution >= 0.6 is 0 Å². The molecule has 0 spiro atoms. The Labute approximate surface area is 167 Å². The number of nitrogens with one attached hydrogen (secondary N) is 1. The summed E-state index contributed by atoms with van der Waals surface area (Å²) in [5.41, 5.74) is 0.542. The van der Waals surface area contributed by atoms with E-state index in [9.17, 15) is 13.2 Å². The number of hydrogen-bond donors (Lipinski definition) is 1. The van der Waals surface area contributed by atoms with Crippen molar-refractivity contribution in [3.63, 3.8) is 0 Å². The topological polar surface area (TPSA) is 78.9 Å². The summed E-state index contributed by atoms with van der Waals surface area (Å²) < 4.78 is 33.0. The Morgan fingerprint density at radius 1 is 1.07 bits per heavy atom. The van der Waals surface area contributed by atoms with Crippen molar-refractivity contribution >= 4 is 15.9 Å². The highest BCUT2D eigenvalue weighted by molar-refractivity contribution is 7.89. The molecule has 4 rings (SSSR count). The molecule has 0 saturated carbocycles. The number of ether oxygens (including phenoxy) is 1. The SMILES string of the molecule is O=C(c1ccc(S(=O)(=O)NCC2CCCO2)cc1)N1CCC(N2CCCC2)C1. The van der Waals surface area contributed by atoms with Crippen molar-refractivity contribution in [3.05, 3.63) is 29.8 Å². The van der Waals surface area contributed by atoms with E-state index >= 15 is 0 Å². The van der Waals surface area contributed by atoms with E-state index in [0.29, 0.717) is 18.2 Å². The van der Waals surface area contributed by atoms with Gasteiger partial charge in [0, 0.05) is 37.8 Å². The Bertz CT molecular complexity index is 784. The fraction of sp³-hybridized carbons (Fsp3) is 0.650. The highest BCUT2D eigenvalue weighted by Crippen LogP contribution is 2.22. The lowest BCUT2D eigenvalue weighted by Gasteiger charge is -2.23. The fourth-order valence-corrected chi connectivity index (χ4v) is 5.45. The van der Waals surface area contributed by atoms with Crippen molar-refractivity contribution in [2.45, 2.75) is 49.1 Å². The molecule has 1 aromatic rings. The van der Waals surface area contributed by atoms with Gasteiger partial charge in [-0.1, -0.05) is 0 Å². The Morgan fingerprint density at radius 2 is 1.82 bits per heavy atom. The summed E-state index contributed by atoms with van der Waals surface area (Å²) >= 11 is 0. The summed E-state index contributed by atoms with van der Waals surface area (Å²) in [4.78, 5) is 17.4. The highest BCUT2D eigenvalue weighted by atomic mass is 32.2. The number of sulfonamides is 1. The largest absolute Gasteiger partial charge is 0.377 e. The summed E-state index contributed by atoms with van der Waals surface area (Å²) in [6.45, 7) is 4.79. The Kier molecular flexibility index (Phi) is 6.01. The monoisotopic (exact) mass is 407 g/mol. The second-order valence-electron chi connectivity index (χ2n) is 7.95. The van der Waals surface area contributed by atoms with Crippen molar-refractivity contribution in [2.75, 3.05) is 39.3 Å². The van der Waals surface area contributed by atoms with Crippen molar-refractivity contribution in [1.29, 1.82) is 0 Å². The summed E-state index contributed by atoms with van der Waals surface area (Å²) in [7, 11) is -3.59. The predicted octanol–water partition coefficient (Wildman–Crippen LogP) is 1.45. The van der Waals surface area contributed by atoms with E-state index in [1.807, 2.05) is 4.90 Å². The number of carbonyl (C=O) groups excluding carboxylic acids is 1.